The van der Waals surface area contributed by atoms with Gasteiger partial charge in [0.05, 0.1) is 23.8 Å². The van der Waals surface area contributed by atoms with Crippen molar-refractivity contribution in [3.63, 3.8) is 0 Å². The molecule has 0 atom stereocenters. The van der Waals surface area contributed by atoms with Crippen LogP contribution in [-0.4, -0.2) is 76.8 Å². The Hall–Kier alpha value is -3.30. The van der Waals surface area contributed by atoms with E-state index in [2.05, 4.69) is 51.0 Å². The molecule has 0 amide bonds. The van der Waals surface area contributed by atoms with Gasteiger partial charge in [-0.05, 0) is 31.0 Å². The van der Waals surface area contributed by atoms with E-state index < -0.39 is 0 Å². The molecule has 9 nitrogen and oxygen atoms in total. The van der Waals surface area contributed by atoms with Crippen molar-refractivity contribution in [2.45, 2.75) is 33.2 Å². The van der Waals surface area contributed by atoms with Crippen molar-refractivity contribution < 1.29 is 0 Å². The highest BCUT2D eigenvalue weighted by atomic mass is 16.1. The second-order valence-electron chi connectivity index (χ2n) is 10.5. The van der Waals surface area contributed by atoms with Gasteiger partial charge in [0, 0.05) is 88.8 Å². The molecule has 0 spiro atoms. The summed E-state index contributed by atoms with van der Waals surface area (Å²) in [4.78, 5) is 33.8. The molecule has 0 radical (unpaired) electrons. The second-order valence-corrected chi connectivity index (χ2v) is 10.5. The van der Waals surface area contributed by atoms with Gasteiger partial charge < -0.3 is 19.7 Å². The average Bonchev–Trinajstić information content (AvgIpc) is 2.92. The summed E-state index contributed by atoms with van der Waals surface area (Å²) in [6.45, 7) is 14.8. The van der Waals surface area contributed by atoms with Gasteiger partial charge in [-0.15, -0.1) is 0 Å². The van der Waals surface area contributed by atoms with Crippen LogP contribution < -0.4 is 20.7 Å². The SMILES string of the molecule is Cc1cc(-c2ccc(N3CCN(Cc4cnc(N5CCNCC5)cn4)CC3)nc2C(C)C)cn(C)c1=O. The first kappa shape index (κ1) is 25.4. The summed E-state index contributed by atoms with van der Waals surface area (Å²) in [5.74, 6) is 2.27. The molecular weight excluding hydrogens is 464 g/mol. The number of hydrogen-bond donors (Lipinski definition) is 1. The molecule has 1 N–H and O–H groups in total. The minimum atomic E-state index is 0.0405. The Morgan fingerprint density at radius 2 is 1.68 bits per heavy atom. The molecule has 0 unspecified atom stereocenters. The van der Waals surface area contributed by atoms with E-state index >= 15 is 0 Å². The Kier molecular flexibility index (Phi) is 7.53. The molecule has 3 aromatic rings. The normalized spacial score (nSPS) is 17.0. The van der Waals surface area contributed by atoms with Crippen LogP contribution in [0.3, 0.4) is 0 Å². The van der Waals surface area contributed by atoms with E-state index in [1.54, 1.807) is 4.57 Å². The molecule has 0 aliphatic carbocycles. The van der Waals surface area contributed by atoms with Crippen molar-refractivity contribution >= 4 is 11.6 Å². The largest absolute Gasteiger partial charge is 0.354 e. The number of nitrogens with zero attached hydrogens (tertiary/aromatic N) is 7. The monoisotopic (exact) mass is 502 g/mol. The fourth-order valence-corrected chi connectivity index (χ4v) is 5.20. The lowest BCUT2D eigenvalue weighted by Crippen LogP contribution is -2.46. The molecule has 2 saturated heterocycles. The molecule has 5 rings (SSSR count). The summed E-state index contributed by atoms with van der Waals surface area (Å²) in [5, 5.41) is 3.37. The summed E-state index contributed by atoms with van der Waals surface area (Å²) in [6.07, 6.45) is 5.76. The lowest BCUT2D eigenvalue weighted by Gasteiger charge is -2.35. The smallest absolute Gasteiger partial charge is 0.253 e. The maximum Gasteiger partial charge on any atom is 0.253 e. The van der Waals surface area contributed by atoms with Crippen molar-refractivity contribution in [3.05, 3.63) is 64.1 Å². The number of aromatic nitrogens is 4. The molecule has 2 aliphatic rings. The first-order chi connectivity index (χ1) is 17.9. The number of hydrogen-bond acceptors (Lipinski definition) is 8. The average molecular weight is 503 g/mol. The zero-order valence-electron chi connectivity index (χ0n) is 22.4. The van der Waals surface area contributed by atoms with Crippen molar-refractivity contribution in [1.29, 1.82) is 0 Å². The third-order valence-electron chi connectivity index (χ3n) is 7.34. The molecule has 2 aliphatic heterocycles. The molecular formula is C28H38N8O. The Morgan fingerprint density at radius 1 is 0.946 bits per heavy atom. The zero-order chi connectivity index (χ0) is 25.9. The highest BCUT2D eigenvalue weighted by Crippen LogP contribution is 2.30. The van der Waals surface area contributed by atoms with Crippen molar-refractivity contribution in [2.24, 2.45) is 7.05 Å². The number of rotatable bonds is 6. The van der Waals surface area contributed by atoms with E-state index in [-0.39, 0.29) is 11.5 Å². The summed E-state index contributed by atoms with van der Waals surface area (Å²) < 4.78 is 1.66. The topological polar surface area (TPSA) is 82.4 Å². The quantitative estimate of drug-likeness (QED) is 0.550. The molecule has 5 heterocycles. The number of piperazine rings is 2. The zero-order valence-corrected chi connectivity index (χ0v) is 22.4. The third-order valence-corrected chi connectivity index (χ3v) is 7.34. The predicted molar refractivity (Wildman–Crippen MR) is 148 cm³/mol. The van der Waals surface area contributed by atoms with E-state index in [9.17, 15) is 4.79 Å². The van der Waals surface area contributed by atoms with E-state index in [0.29, 0.717) is 0 Å². The second kappa shape index (κ2) is 11.0. The van der Waals surface area contributed by atoms with E-state index in [4.69, 9.17) is 9.97 Å². The maximum atomic E-state index is 12.2. The van der Waals surface area contributed by atoms with Gasteiger partial charge in [0.15, 0.2) is 0 Å². The Morgan fingerprint density at radius 3 is 2.32 bits per heavy atom. The molecule has 0 bridgehead atoms. The lowest BCUT2D eigenvalue weighted by atomic mass is 9.97. The van der Waals surface area contributed by atoms with Gasteiger partial charge in [-0.2, -0.15) is 0 Å². The van der Waals surface area contributed by atoms with Crippen molar-refractivity contribution in [3.8, 4) is 11.1 Å². The van der Waals surface area contributed by atoms with Crippen LogP contribution in [0, 0.1) is 6.92 Å². The van der Waals surface area contributed by atoms with Gasteiger partial charge in [0.2, 0.25) is 0 Å². The van der Waals surface area contributed by atoms with Crippen LogP contribution in [0.4, 0.5) is 11.6 Å². The maximum absolute atomic E-state index is 12.2. The van der Waals surface area contributed by atoms with Crippen LogP contribution in [0.5, 0.6) is 0 Å². The van der Waals surface area contributed by atoms with Crippen molar-refractivity contribution in [2.75, 3.05) is 62.2 Å². The van der Waals surface area contributed by atoms with Crippen LogP contribution in [0.15, 0.2) is 41.6 Å². The minimum Gasteiger partial charge on any atom is -0.354 e. The minimum absolute atomic E-state index is 0.0405. The predicted octanol–water partition coefficient (Wildman–Crippen LogP) is 2.40. The summed E-state index contributed by atoms with van der Waals surface area (Å²) in [6, 6.07) is 6.26. The van der Waals surface area contributed by atoms with Gasteiger partial charge in [0.1, 0.15) is 11.6 Å². The van der Waals surface area contributed by atoms with Crippen LogP contribution in [0.2, 0.25) is 0 Å². The summed E-state index contributed by atoms with van der Waals surface area (Å²) in [7, 11) is 1.81. The molecule has 3 aromatic heterocycles. The molecule has 2 fully saturated rings. The Bertz CT molecular complexity index is 1250. The van der Waals surface area contributed by atoms with E-state index in [0.717, 1.165) is 98.6 Å². The first-order valence-electron chi connectivity index (χ1n) is 13.3. The summed E-state index contributed by atoms with van der Waals surface area (Å²) in [5.41, 5.74) is 5.01. The Labute approximate surface area is 219 Å². The number of pyridine rings is 2. The van der Waals surface area contributed by atoms with Gasteiger partial charge in [-0.3, -0.25) is 14.7 Å². The standard InChI is InChI=1S/C28H38N8O/c1-20(2)27-24(22-15-21(3)28(37)33(4)18-22)5-6-25(32-27)36-13-11-34(12-14-36)19-23-16-31-26(17-30-23)35-9-7-29-8-10-35/h5-6,15-18,20,29H,7-14,19H2,1-4H3. The van der Waals surface area contributed by atoms with Crippen LogP contribution in [-0.2, 0) is 13.6 Å². The van der Waals surface area contributed by atoms with Crippen molar-refractivity contribution in [1.82, 2.24) is 29.7 Å². The van der Waals surface area contributed by atoms with Crippen LogP contribution in [0.25, 0.3) is 11.1 Å². The fourth-order valence-electron chi connectivity index (χ4n) is 5.20. The molecule has 9 heteroatoms. The third kappa shape index (κ3) is 5.67. The number of aryl methyl sites for hydroxylation is 2. The number of nitrogens with one attached hydrogen (secondary N) is 1. The molecule has 196 valence electrons. The van der Waals surface area contributed by atoms with E-state index in [1.165, 1.54) is 0 Å². The highest BCUT2D eigenvalue weighted by Gasteiger charge is 2.21. The van der Waals surface area contributed by atoms with Crippen LogP contribution in [0.1, 0.15) is 36.7 Å². The highest BCUT2D eigenvalue weighted by molar-refractivity contribution is 5.68. The molecule has 0 aromatic carbocycles. The van der Waals surface area contributed by atoms with Gasteiger partial charge in [0.25, 0.3) is 5.56 Å². The van der Waals surface area contributed by atoms with Gasteiger partial charge in [-0.1, -0.05) is 13.8 Å². The molecule has 37 heavy (non-hydrogen) atoms. The Balaban J connectivity index is 1.23. The number of anilines is 2. The lowest BCUT2D eigenvalue weighted by molar-refractivity contribution is 0.246. The molecule has 0 saturated carbocycles. The van der Waals surface area contributed by atoms with Gasteiger partial charge in [-0.25, -0.2) is 9.97 Å². The van der Waals surface area contributed by atoms with Gasteiger partial charge >= 0.3 is 0 Å². The fraction of sp³-hybridized carbons (Fsp3) is 0.500. The summed E-state index contributed by atoms with van der Waals surface area (Å²) >= 11 is 0. The van der Waals surface area contributed by atoms with Crippen LogP contribution >= 0.6 is 0 Å². The first-order valence-corrected chi connectivity index (χ1v) is 13.3. The van der Waals surface area contributed by atoms with E-state index in [1.807, 2.05) is 38.6 Å².